The highest BCUT2D eigenvalue weighted by Gasteiger charge is 2.91. The summed E-state index contributed by atoms with van der Waals surface area (Å²) in [5.74, 6) is -1.51. The summed E-state index contributed by atoms with van der Waals surface area (Å²) in [5, 5.41) is 21.4. The van der Waals surface area contributed by atoms with Crippen molar-refractivity contribution in [1.29, 1.82) is 0 Å². The minimum atomic E-state index is -1.22. The molecule has 0 aromatic carbocycles. The maximum absolute atomic E-state index is 13.9. The summed E-state index contributed by atoms with van der Waals surface area (Å²) in [4.78, 5) is 41.1. The highest BCUT2D eigenvalue weighted by atomic mass is 16.7. The van der Waals surface area contributed by atoms with Crippen LogP contribution in [0.5, 0.6) is 0 Å². The van der Waals surface area contributed by atoms with Gasteiger partial charge in [0.15, 0.2) is 12.6 Å². The Balaban J connectivity index is 1.12. The SMILES string of the molecule is C/C=C(\C)C(=O)O[C@@H]1[C@@H](OC(=O)/C(C)=C/C)[C@]2(C)[C@H](C(C)=O)CC[C@@]23O[C@]32CC[C@H]3C[C@@H](O[C@H]4C[C@@H](OC)[C@H](O[C@@H]5O[C@H](C)[C@@H](O)[C@@H](OC)[C@H]5O)[C@@H](C)O4)CC[C@]3(C)[C@@H]12. The largest absolute Gasteiger partial charge is 0.455 e. The van der Waals surface area contributed by atoms with Crippen molar-refractivity contribution in [3.05, 3.63) is 23.3 Å². The Morgan fingerprint density at radius 3 is 2.05 bits per heavy atom. The standard InChI is InChI=1S/C45H68O14/c1-12-22(3)39(49)56-36-37-42(8)17-15-28(55-31-21-30(51-10)34(26(7)53-31)57-41-33(48)35(52-11)32(47)25(6)54-41)20-27(42)14-18-44(37)45(59-44)19-16-29(24(5)46)43(45,9)38(36)58-40(50)23(4)13-2/h12-13,25-38,41,47-48H,14-21H2,1-11H3/b22-12+,23-13+/t25-,26-,27+,28+,29+,30-,31+,32-,33-,34-,35-,36+,37-,38-,41+,42+,43+,44+,45-/m1/s1. The summed E-state index contributed by atoms with van der Waals surface area (Å²) >= 11 is 0. The molecule has 3 saturated heterocycles. The number of Topliss-reactive ketones (excluding diaryl/α,β-unsaturated/α-hetero) is 1. The van der Waals surface area contributed by atoms with E-state index in [1.165, 1.54) is 7.11 Å². The van der Waals surface area contributed by atoms with E-state index < -0.39 is 102 Å². The van der Waals surface area contributed by atoms with E-state index >= 15 is 0 Å². The molecule has 59 heavy (non-hydrogen) atoms. The van der Waals surface area contributed by atoms with E-state index in [9.17, 15) is 24.6 Å². The summed E-state index contributed by atoms with van der Waals surface area (Å²) in [5.41, 5.74) is -1.73. The van der Waals surface area contributed by atoms with Crippen LogP contribution in [0.2, 0.25) is 0 Å². The average Bonchev–Trinajstić information content (AvgIpc) is 3.75. The summed E-state index contributed by atoms with van der Waals surface area (Å²) in [7, 11) is 3.04. The normalized spacial score (nSPS) is 49.5. The van der Waals surface area contributed by atoms with Crippen LogP contribution in [0.25, 0.3) is 0 Å². The van der Waals surface area contributed by atoms with Crippen molar-refractivity contribution in [2.45, 2.75) is 199 Å². The molecule has 7 fully saturated rings. The highest BCUT2D eigenvalue weighted by molar-refractivity contribution is 5.89. The maximum atomic E-state index is 13.9. The van der Waals surface area contributed by atoms with Crippen molar-refractivity contribution in [3.63, 3.8) is 0 Å². The monoisotopic (exact) mass is 832 g/mol. The van der Waals surface area contributed by atoms with Crippen LogP contribution in [0.15, 0.2) is 23.3 Å². The molecular formula is C45H68O14. The van der Waals surface area contributed by atoms with Gasteiger partial charge >= 0.3 is 11.9 Å². The molecule has 4 saturated carbocycles. The van der Waals surface area contributed by atoms with Crippen molar-refractivity contribution in [1.82, 2.24) is 0 Å². The molecule has 4 aliphatic carbocycles. The Bertz CT molecular complexity index is 1680. The zero-order chi connectivity index (χ0) is 43.0. The van der Waals surface area contributed by atoms with Crippen LogP contribution in [0.3, 0.4) is 0 Å². The number of ketones is 1. The van der Waals surface area contributed by atoms with Crippen molar-refractivity contribution >= 4 is 17.7 Å². The molecule has 0 unspecified atom stereocenters. The van der Waals surface area contributed by atoms with Crippen molar-refractivity contribution in [2.75, 3.05) is 14.2 Å². The molecule has 0 aromatic rings. The van der Waals surface area contributed by atoms with E-state index in [2.05, 4.69) is 6.92 Å². The van der Waals surface area contributed by atoms with E-state index in [0.29, 0.717) is 36.8 Å². The van der Waals surface area contributed by atoms with Gasteiger partial charge in [-0.1, -0.05) is 26.0 Å². The first-order chi connectivity index (χ1) is 27.9. The van der Waals surface area contributed by atoms with Crippen molar-refractivity contribution < 1.29 is 67.2 Å². The first-order valence-electron chi connectivity index (χ1n) is 21.8. The number of carbonyl (C=O) groups excluding carboxylic acids is 3. The smallest absolute Gasteiger partial charge is 0.333 e. The molecule has 2 N–H and O–H groups in total. The molecule has 332 valence electrons. The predicted octanol–water partition coefficient (Wildman–Crippen LogP) is 4.89. The third-order valence-corrected chi connectivity index (χ3v) is 16.2. The van der Waals surface area contributed by atoms with E-state index in [-0.39, 0.29) is 29.1 Å². The number of allylic oxidation sites excluding steroid dienone is 2. The van der Waals surface area contributed by atoms with Gasteiger partial charge in [0.1, 0.15) is 53.6 Å². The van der Waals surface area contributed by atoms with Gasteiger partial charge in [-0.25, -0.2) is 9.59 Å². The number of hydrogen-bond donors (Lipinski definition) is 2. The third-order valence-electron chi connectivity index (χ3n) is 16.2. The number of aliphatic hydroxyl groups excluding tert-OH is 2. The van der Waals surface area contributed by atoms with Gasteiger partial charge in [0.25, 0.3) is 0 Å². The lowest BCUT2D eigenvalue weighted by atomic mass is 9.43. The zero-order valence-corrected chi connectivity index (χ0v) is 36.8. The molecule has 2 spiro atoms. The molecule has 0 amide bonds. The summed E-state index contributed by atoms with van der Waals surface area (Å²) in [6.45, 7) is 16.5. The molecule has 0 radical (unpaired) electrons. The lowest BCUT2D eigenvalue weighted by Crippen LogP contribution is -2.70. The minimum absolute atomic E-state index is 0.0199. The van der Waals surface area contributed by atoms with Gasteiger partial charge in [-0.3, -0.25) is 4.79 Å². The average molecular weight is 833 g/mol. The van der Waals surface area contributed by atoms with Crippen LogP contribution in [0, 0.1) is 28.6 Å². The Morgan fingerprint density at radius 2 is 1.42 bits per heavy atom. The Labute approximate surface area is 348 Å². The van der Waals surface area contributed by atoms with Crippen LogP contribution in [0.4, 0.5) is 0 Å². The Morgan fingerprint density at radius 1 is 0.746 bits per heavy atom. The number of epoxide rings is 1. The van der Waals surface area contributed by atoms with E-state index in [0.717, 1.165) is 25.7 Å². The van der Waals surface area contributed by atoms with Gasteiger partial charge in [-0.05, 0) is 105 Å². The lowest BCUT2D eigenvalue weighted by Gasteiger charge is -2.61. The number of fused-ring (bicyclic) bond motifs is 2. The molecule has 14 nitrogen and oxygen atoms in total. The number of aliphatic hydroxyl groups is 2. The Hall–Kier alpha value is -2.27. The molecule has 0 aromatic heterocycles. The minimum Gasteiger partial charge on any atom is -0.455 e. The van der Waals surface area contributed by atoms with Gasteiger partial charge in [0.2, 0.25) is 0 Å². The Kier molecular flexibility index (Phi) is 12.5. The van der Waals surface area contributed by atoms with E-state index in [4.69, 9.17) is 42.6 Å². The van der Waals surface area contributed by atoms with Gasteiger partial charge in [0, 0.05) is 49.0 Å². The summed E-state index contributed by atoms with van der Waals surface area (Å²) in [6.07, 6.45) is 0.150. The van der Waals surface area contributed by atoms with Gasteiger partial charge < -0.3 is 52.8 Å². The van der Waals surface area contributed by atoms with Crippen molar-refractivity contribution in [3.8, 4) is 0 Å². The fourth-order valence-electron chi connectivity index (χ4n) is 12.8. The molecule has 7 rings (SSSR count). The van der Waals surface area contributed by atoms with Gasteiger partial charge in [-0.2, -0.15) is 0 Å². The number of methoxy groups -OCH3 is 2. The van der Waals surface area contributed by atoms with Crippen LogP contribution < -0.4 is 0 Å². The lowest BCUT2D eigenvalue weighted by molar-refractivity contribution is -0.343. The van der Waals surface area contributed by atoms with Crippen LogP contribution in [0.1, 0.15) is 114 Å². The van der Waals surface area contributed by atoms with Gasteiger partial charge in [0.05, 0.1) is 24.4 Å². The van der Waals surface area contributed by atoms with Crippen LogP contribution in [-0.4, -0.2) is 127 Å². The van der Waals surface area contributed by atoms with Crippen molar-refractivity contribution in [2.24, 2.45) is 28.6 Å². The first kappa shape index (κ1) is 44.8. The number of hydrogen-bond acceptors (Lipinski definition) is 14. The van der Waals surface area contributed by atoms with Gasteiger partial charge in [-0.15, -0.1) is 0 Å². The van der Waals surface area contributed by atoms with Crippen LogP contribution in [-0.2, 0) is 57.0 Å². The second-order valence-corrected chi connectivity index (χ2v) is 19.0. The number of carbonyl (C=O) groups is 3. The van der Waals surface area contributed by atoms with Crippen LogP contribution >= 0.6 is 0 Å². The third kappa shape index (κ3) is 6.99. The molecule has 19 atom stereocenters. The number of esters is 2. The molecule has 3 aliphatic heterocycles. The second kappa shape index (κ2) is 16.5. The maximum Gasteiger partial charge on any atom is 0.333 e. The zero-order valence-electron chi connectivity index (χ0n) is 36.8. The number of ether oxygens (including phenoxy) is 9. The fraction of sp³-hybridized carbons (Fsp3) is 0.844. The van der Waals surface area contributed by atoms with E-state index in [1.807, 2.05) is 13.8 Å². The summed E-state index contributed by atoms with van der Waals surface area (Å²) in [6, 6.07) is 0. The first-order valence-corrected chi connectivity index (χ1v) is 21.8. The highest BCUT2D eigenvalue weighted by Crippen LogP contribution is 2.81. The quantitative estimate of drug-likeness (QED) is 0.125. The molecular weight excluding hydrogens is 764 g/mol. The predicted molar refractivity (Wildman–Crippen MR) is 211 cm³/mol. The van der Waals surface area contributed by atoms with E-state index in [1.54, 1.807) is 60.8 Å². The number of rotatable bonds is 11. The molecule has 7 aliphatic rings. The molecule has 0 bridgehead atoms. The summed E-state index contributed by atoms with van der Waals surface area (Å²) < 4.78 is 56.9. The second-order valence-electron chi connectivity index (χ2n) is 19.0. The molecule has 14 heteroatoms. The fourth-order valence-corrected chi connectivity index (χ4v) is 12.8. The molecule has 3 heterocycles. The topological polar surface area (TPSA) is 178 Å².